The summed E-state index contributed by atoms with van der Waals surface area (Å²) in [6.07, 6.45) is 8.47. The quantitative estimate of drug-likeness (QED) is 0.472. The minimum absolute atomic E-state index is 0.0265. The molecule has 4 heterocycles. The number of cyclic esters (lactones) is 1. The molecule has 8 heteroatoms. The number of carbonyl (C=O) groups excluding carboxylic acids is 3. The molecule has 0 radical (unpaired) electrons. The Hall–Kier alpha value is -2.19. The second-order valence-electron chi connectivity index (χ2n) is 12.4. The zero-order valence-electron chi connectivity index (χ0n) is 22.0. The molecule has 1 spiro atoms. The Labute approximate surface area is 208 Å². The van der Waals surface area contributed by atoms with Crippen LogP contribution in [-0.4, -0.2) is 81.3 Å². The van der Waals surface area contributed by atoms with E-state index < -0.39 is 46.6 Å². The van der Waals surface area contributed by atoms with Gasteiger partial charge in [-0.3, -0.25) is 14.4 Å². The van der Waals surface area contributed by atoms with Crippen molar-refractivity contribution in [2.75, 3.05) is 19.8 Å². The molecule has 6 atom stereocenters. The standard InChI is InChI=1S/C27H40N2O6/c1-8-17(15-30)29-20-22(32)28(25(5,6)16-24(2,3)4)13-9-12-27(20)18(21(29)31)19-23(33)34-14-10-11-26(19,7)35-27/h9-12,17-20,30H,8,13-16H2,1-7H3/t17-,18-,19+,20?,26-,27-/m0/s1. The fourth-order valence-corrected chi connectivity index (χ4v) is 7.04. The number of carbonyl (C=O) groups is 3. The number of hydrogen-bond donors (Lipinski definition) is 1. The molecule has 0 aromatic carbocycles. The molecule has 1 N–H and O–H groups in total. The van der Waals surface area contributed by atoms with Gasteiger partial charge >= 0.3 is 5.97 Å². The zero-order valence-corrected chi connectivity index (χ0v) is 22.0. The molecule has 8 nitrogen and oxygen atoms in total. The molecule has 4 aliphatic heterocycles. The first-order valence-electron chi connectivity index (χ1n) is 12.7. The summed E-state index contributed by atoms with van der Waals surface area (Å²) in [5.74, 6) is -2.86. The highest BCUT2D eigenvalue weighted by Crippen LogP contribution is 2.58. The first kappa shape index (κ1) is 25.9. The smallest absolute Gasteiger partial charge is 0.313 e. The normalized spacial score (nSPS) is 35.9. The Morgan fingerprint density at radius 1 is 1.09 bits per heavy atom. The Kier molecular flexibility index (Phi) is 6.24. The van der Waals surface area contributed by atoms with Crippen molar-refractivity contribution in [2.45, 2.75) is 90.1 Å². The fourth-order valence-electron chi connectivity index (χ4n) is 7.04. The predicted molar refractivity (Wildman–Crippen MR) is 130 cm³/mol. The van der Waals surface area contributed by atoms with Crippen LogP contribution in [-0.2, 0) is 23.9 Å². The Bertz CT molecular complexity index is 961. The topological polar surface area (TPSA) is 96.4 Å². The summed E-state index contributed by atoms with van der Waals surface area (Å²) < 4.78 is 12.1. The van der Waals surface area contributed by atoms with Gasteiger partial charge in [-0.2, -0.15) is 0 Å². The molecular weight excluding hydrogens is 448 g/mol. The molecule has 0 aliphatic carbocycles. The van der Waals surface area contributed by atoms with Crippen molar-refractivity contribution < 1.29 is 29.0 Å². The van der Waals surface area contributed by atoms with E-state index in [-0.39, 0.29) is 30.4 Å². The van der Waals surface area contributed by atoms with E-state index in [0.717, 1.165) is 6.42 Å². The van der Waals surface area contributed by atoms with Gasteiger partial charge in [-0.1, -0.05) is 45.9 Å². The summed E-state index contributed by atoms with van der Waals surface area (Å²) in [5.41, 5.74) is -2.94. The molecule has 0 aromatic heterocycles. The summed E-state index contributed by atoms with van der Waals surface area (Å²) in [6, 6.07) is -1.55. The Morgan fingerprint density at radius 3 is 2.37 bits per heavy atom. The van der Waals surface area contributed by atoms with Crippen LogP contribution in [0.5, 0.6) is 0 Å². The predicted octanol–water partition coefficient (Wildman–Crippen LogP) is 2.45. The monoisotopic (exact) mass is 488 g/mol. The van der Waals surface area contributed by atoms with Crippen LogP contribution in [0.3, 0.4) is 0 Å². The van der Waals surface area contributed by atoms with Crippen LogP contribution in [0.25, 0.3) is 0 Å². The molecule has 0 aromatic rings. The Balaban J connectivity index is 1.88. The average molecular weight is 489 g/mol. The largest absolute Gasteiger partial charge is 0.461 e. The van der Waals surface area contributed by atoms with E-state index in [9.17, 15) is 19.5 Å². The summed E-state index contributed by atoms with van der Waals surface area (Å²) >= 11 is 0. The van der Waals surface area contributed by atoms with Gasteiger partial charge in [0, 0.05) is 12.1 Å². The SMILES string of the molecule is CC[C@@H](CO)N1C(=O)[C@@H]2[C@@H]3C(=O)OCC=C[C@]3(C)O[C@@]23C=CCN(C(C)(C)CC(C)(C)C)C(=O)C13. The summed E-state index contributed by atoms with van der Waals surface area (Å²) in [5, 5.41) is 10.2. The van der Waals surface area contributed by atoms with Crippen molar-refractivity contribution in [3.63, 3.8) is 0 Å². The first-order chi connectivity index (χ1) is 16.2. The number of fused-ring (bicyclic) bond motifs is 2. The number of hydrogen-bond acceptors (Lipinski definition) is 6. The van der Waals surface area contributed by atoms with Crippen LogP contribution in [0.4, 0.5) is 0 Å². The Morgan fingerprint density at radius 2 is 1.77 bits per heavy atom. The molecule has 2 saturated heterocycles. The lowest BCUT2D eigenvalue weighted by atomic mass is 9.74. The first-order valence-corrected chi connectivity index (χ1v) is 12.7. The van der Waals surface area contributed by atoms with E-state index in [0.29, 0.717) is 13.0 Å². The molecular formula is C27H40N2O6. The second-order valence-corrected chi connectivity index (χ2v) is 12.4. The van der Waals surface area contributed by atoms with Gasteiger partial charge in [-0.05, 0) is 45.1 Å². The molecule has 2 amide bonds. The number of ether oxygens (including phenoxy) is 2. The second kappa shape index (κ2) is 8.44. The summed E-state index contributed by atoms with van der Waals surface area (Å²) in [6.45, 7) is 14.4. The molecule has 35 heavy (non-hydrogen) atoms. The molecule has 4 rings (SSSR count). The maximum absolute atomic E-state index is 14.4. The van der Waals surface area contributed by atoms with Gasteiger partial charge in [-0.25, -0.2) is 0 Å². The van der Waals surface area contributed by atoms with Crippen LogP contribution in [0.1, 0.15) is 61.3 Å². The molecule has 1 unspecified atom stereocenters. The van der Waals surface area contributed by atoms with E-state index in [1.165, 1.54) is 4.90 Å². The van der Waals surface area contributed by atoms with E-state index in [1.807, 2.05) is 37.8 Å². The van der Waals surface area contributed by atoms with E-state index in [1.54, 1.807) is 19.1 Å². The van der Waals surface area contributed by atoms with Crippen molar-refractivity contribution in [3.8, 4) is 0 Å². The number of esters is 1. The van der Waals surface area contributed by atoms with Crippen molar-refractivity contribution in [2.24, 2.45) is 17.3 Å². The van der Waals surface area contributed by atoms with Gasteiger partial charge in [-0.15, -0.1) is 0 Å². The van der Waals surface area contributed by atoms with E-state index in [4.69, 9.17) is 9.47 Å². The van der Waals surface area contributed by atoms with Crippen molar-refractivity contribution in [3.05, 3.63) is 24.3 Å². The zero-order chi connectivity index (χ0) is 26.0. The molecule has 4 aliphatic rings. The van der Waals surface area contributed by atoms with Crippen molar-refractivity contribution >= 4 is 17.8 Å². The van der Waals surface area contributed by atoms with Crippen LogP contribution in [0.2, 0.25) is 0 Å². The highest BCUT2D eigenvalue weighted by atomic mass is 16.6. The van der Waals surface area contributed by atoms with Crippen molar-refractivity contribution in [1.29, 1.82) is 0 Å². The number of amides is 2. The van der Waals surface area contributed by atoms with Gasteiger partial charge in [0.2, 0.25) is 11.8 Å². The summed E-state index contributed by atoms with van der Waals surface area (Å²) in [4.78, 5) is 45.0. The molecule has 194 valence electrons. The lowest BCUT2D eigenvalue weighted by Crippen LogP contribution is -2.62. The lowest BCUT2D eigenvalue weighted by molar-refractivity contribution is -0.161. The van der Waals surface area contributed by atoms with Gasteiger partial charge in [0.15, 0.2) is 0 Å². The highest BCUT2D eigenvalue weighted by molar-refractivity contribution is 5.99. The van der Waals surface area contributed by atoms with Crippen LogP contribution >= 0.6 is 0 Å². The number of likely N-dealkylation sites (tertiary alicyclic amines) is 1. The molecule has 2 fully saturated rings. The van der Waals surface area contributed by atoms with Gasteiger partial charge in [0.05, 0.1) is 24.2 Å². The third-order valence-corrected chi connectivity index (χ3v) is 8.02. The van der Waals surface area contributed by atoms with E-state index >= 15 is 0 Å². The number of aliphatic hydroxyl groups excluding tert-OH is 1. The minimum atomic E-state index is -1.33. The molecule has 0 bridgehead atoms. The van der Waals surface area contributed by atoms with Crippen molar-refractivity contribution in [1.82, 2.24) is 9.80 Å². The number of aliphatic hydroxyl groups is 1. The maximum Gasteiger partial charge on any atom is 0.313 e. The van der Waals surface area contributed by atoms with Crippen LogP contribution in [0.15, 0.2) is 24.3 Å². The third-order valence-electron chi connectivity index (χ3n) is 8.02. The highest BCUT2D eigenvalue weighted by Gasteiger charge is 2.75. The minimum Gasteiger partial charge on any atom is -0.461 e. The molecule has 0 saturated carbocycles. The van der Waals surface area contributed by atoms with E-state index in [2.05, 4.69) is 20.8 Å². The van der Waals surface area contributed by atoms with Gasteiger partial charge in [0.25, 0.3) is 0 Å². The van der Waals surface area contributed by atoms with Crippen LogP contribution in [0, 0.1) is 17.3 Å². The van der Waals surface area contributed by atoms with Crippen LogP contribution < -0.4 is 0 Å². The van der Waals surface area contributed by atoms with Gasteiger partial charge in [0.1, 0.15) is 24.2 Å². The maximum atomic E-state index is 14.4. The fraction of sp³-hybridized carbons (Fsp3) is 0.741. The number of nitrogens with zero attached hydrogens (tertiary/aromatic N) is 2. The number of rotatable bonds is 5. The third kappa shape index (κ3) is 3.93. The average Bonchev–Trinajstić information content (AvgIpc) is 2.98. The summed E-state index contributed by atoms with van der Waals surface area (Å²) in [7, 11) is 0. The van der Waals surface area contributed by atoms with Gasteiger partial charge < -0.3 is 24.4 Å². The lowest BCUT2D eigenvalue weighted by Gasteiger charge is -2.45.